The van der Waals surface area contributed by atoms with Crippen molar-refractivity contribution in [1.82, 2.24) is 4.90 Å². The molecule has 0 aliphatic heterocycles. The lowest BCUT2D eigenvalue weighted by molar-refractivity contribution is -0.117. The maximum atomic E-state index is 12.3. The Balaban J connectivity index is 2.62. The molecule has 0 unspecified atom stereocenters. The zero-order chi connectivity index (χ0) is 15.1. The van der Waals surface area contributed by atoms with Crippen molar-refractivity contribution in [3.8, 4) is 0 Å². The smallest absolute Gasteiger partial charge is 0.251 e. The van der Waals surface area contributed by atoms with Crippen LogP contribution in [-0.4, -0.2) is 48.6 Å². The number of carbonyl (C=O) groups excluding carboxylic acids is 1. The number of nitrogens with two attached hydrogens (primary N) is 1. The largest absolute Gasteiger partial charge is 0.397 e. The molecule has 1 aromatic carbocycles. The van der Waals surface area contributed by atoms with E-state index in [4.69, 9.17) is 22.4 Å². The van der Waals surface area contributed by atoms with Crippen LogP contribution in [0, 0.1) is 0 Å². The van der Waals surface area contributed by atoms with E-state index in [0.717, 1.165) is 4.90 Å². The van der Waals surface area contributed by atoms with E-state index in [0.29, 0.717) is 16.4 Å². The number of aliphatic hydroxyl groups excluding tert-OH is 1. The molecule has 20 heavy (non-hydrogen) atoms. The van der Waals surface area contributed by atoms with Crippen molar-refractivity contribution in [3.05, 3.63) is 23.2 Å². The van der Waals surface area contributed by atoms with Gasteiger partial charge < -0.3 is 16.2 Å². The minimum atomic E-state index is -2.58. The number of nitrogens with one attached hydrogen (secondary N) is 1. The fraction of sp³-hybridized carbons (Fsp3) is 0.417. The maximum absolute atomic E-state index is 12.3. The molecule has 0 aromatic heterocycles. The number of rotatable bonds is 7. The zero-order valence-electron chi connectivity index (χ0n) is 10.7. The van der Waals surface area contributed by atoms with E-state index in [1.807, 2.05) is 0 Å². The number of hydrogen-bond donors (Lipinski definition) is 3. The van der Waals surface area contributed by atoms with Gasteiger partial charge in [-0.15, -0.1) is 0 Å². The van der Waals surface area contributed by atoms with E-state index < -0.39 is 18.9 Å². The quantitative estimate of drug-likeness (QED) is 0.666. The Labute approximate surface area is 120 Å². The summed E-state index contributed by atoms with van der Waals surface area (Å²) < 4.78 is 24.6. The molecule has 8 heteroatoms. The van der Waals surface area contributed by atoms with Crippen LogP contribution >= 0.6 is 11.6 Å². The van der Waals surface area contributed by atoms with Gasteiger partial charge in [-0.25, -0.2) is 8.78 Å². The summed E-state index contributed by atoms with van der Waals surface area (Å²) in [5.74, 6) is -0.506. The van der Waals surface area contributed by atoms with Crippen LogP contribution < -0.4 is 11.1 Å². The fourth-order valence-corrected chi connectivity index (χ4v) is 1.77. The number of nitrogen functional groups attached to an aromatic ring is 1. The summed E-state index contributed by atoms with van der Waals surface area (Å²) in [6, 6.07) is 4.57. The minimum Gasteiger partial charge on any atom is -0.397 e. The van der Waals surface area contributed by atoms with E-state index >= 15 is 0 Å². The number of nitrogens with zero attached hydrogens (tertiary/aromatic N) is 1. The number of amides is 1. The Morgan fingerprint density at radius 3 is 2.80 bits per heavy atom. The van der Waals surface area contributed by atoms with Gasteiger partial charge in [-0.1, -0.05) is 11.6 Å². The van der Waals surface area contributed by atoms with Crippen molar-refractivity contribution in [2.75, 3.05) is 37.3 Å². The van der Waals surface area contributed by atoms with E-state index in [1.165, 1.54) is 12.1 Å². The van der Waals surface area contributed by atoms with Gasteiger partial charge in [0.1, 0.15) is 0 Å². The second kappa shape index (κ2) is 7.98. The van der Waals surface area contributed by atoms with Crippen molar-refractivity contribution in [2.45, 2.75) is 6.43 Å². The monoisotopic (exact) mass is 307 g/mol. The van der Waals surface area contributed by atoms with Crippen LogP contribution in [0.4, 0.5) is 20.2 Å². The lowest BCUT2D eigenvalue weighted by Gasteiger charge is -2.20. The van der Waals surface area contributed by atoms with Gasteiger partial charge in [0, 0.05) is 11.6 Å². The Kier molecular flexibility index (Phi) is 6.63. The molecule has 0 saturated heterocycles. The molecule has 0 fully saturated rings. The number of carbonyl (C=O) groups is 1. The number of halogens is 3. The summed E-state index contributed by atoms with van der Waals surface area (Å²) in [6.45, 7) is -1.17. The molecule has 112 valence electrons. The SMILES string of the molecule is Nc1ccc(Cl)cc1NC(=O)CN(CCO)CC(F)F. The molecule has 0 spiro atoms. The third kappa shape index (κ3) is 5.68. The summed E-state index contributed by atoms with van der Waals surface area (Å²) in [4.78, 5) is 12.9. The van der Waals surface area contributed by atoms with Crippen LogP contribution in [0.25, 0.3) is 0 Å². The van der Waals surface area contributed by atoms with Crippen LogP contribution in [0.2, 0.25) is 5.02 Å². The molecule has 0 atom stereocenters. The Hall–Kier alpha value is -1.44. The van der Waals surface area contributed by atoms with Crippen molar-refractivity contribution in [3.63, 3.8) is 0 Å². The number of aliphatic hydroxyl groups is 1. The predicted octanol–water partition coefficient (Wildman–Crippen LogP) is 1.42. The van der Waals surface area contributed by atoms with Crippen LogP contribution in [0.3, 0.4) is 0 Å². The van der Waals surface area contributed by atoms with Crippen molar-refractivity contribution < 1.29 is 18.7 Å². The topological polar surface area (TPSA) is 78.6 Å². The summed E-state index contributed by atoms with van der Waals surface area (Å²) >= 11 is 5.78. The number of benzene rings is 1. The lowest BCUT2D eigenvalue weighted by Crippen LogP contribution is -2.38. The molecule has 0 aliphatic rings. The van der Waals surface area contributed by atoms with Gasteiger partial charge in [-0.3, -0.25) is 9.69 Å². The molecule has 0 aliphatic carbocycles. The van der Waals surface area contributed by atoms with E-state index in [2.05, 4.69) is 5.32 Å². The first kappa shape index (κ1) is 16.6. The highest BCUT2D eigenvalue weighted by molar-refractivity contribution is 6.31. The first-order chi connectivity index (χ1) is 9.42. The summed E-state index contributed by atoms with van der Waals surface area (Å²) in [6.07, 6.45) is -2.58. The number of anilines is 2. The van der Waals surface area contributed by atoms with Gasteiger partial charge in [-0.2, -0.15) is 0 Å². The van der Waals surface area contributed by atoms with Crippen LogP contribution in [0.5, 0.6) is 0 Å². The molecule has 0 bridgehead atoms. The van der Waals surface area contributed by atoms with Crippen molar-refractivity contribution >= 4 is 28.9 Å². The van der Waals surface area contributed by atoms with E-state index in [-0.39, 0.29) is 19.7 Å². The summed E-state index contributed by atoms with van der Waals surface area (Å²) in [5.41, 5.74) is 6.31. The van der Waals surface area contributed by atoms with Crippen LogP contribution in [0.1, 0.15) is 0 Å². The Morgan fingerprint density at radius 2 is 2.20 bits per heavy atom. The highest BCUT2D eigenvalue weighted by Gasteiger charge is 2.15. The molecule has 1 aromatic rings. The molecule has 1 rings (SSSR count). The van der Waals surface area contributed by atoms with Gasteiger partial charge in [0.2, 0.25) is 5.91 Å². The summed E-state index contributed by atoms with van der Waals surface area (Å²) in [5, 5.41) is 11.7. The second-order valence-corrected chi connectivity index (χ2v) is 4.57. The van der Waals surface area contributed by atoms with Gasteiger partial charge in [0.05, 0.1) is 31.1 Å². The molecule has 0 heterocycles. The molecule has 0 saturated carbocycles. The standard InChI is InChI=1S/C12H16ClF2N3O2/c13-8-1-2-9(16)10(5-8)17-12(20)7-18(3-4-19)6-11(14)15/h1-2,5,11,19H,3-4,6-7,16H2,(H,17,20). The van der Waals surface area contributed by atoms with Crippen molar-refractivity contribution in [2.24, 2.45) is 0 Å². The lowest BCUT2D eigenvalue weighted by atomic mass is 10.2. The Bertz CT molecular complexity index is 460. The summed E-state index contributed by atoms with van der Waals surface area (Å²) in [7, 11) is 0. The maximum Gasteiger partial charge on any atom is 0.251 e. The zero-order valence-corrected chi connectivity index (χ0v) is 11.4. The average Bonchev–Trinajstić information content (AvgIpc) is 2.33. The van der Waals surface area contributed by atoms with Crippen LogP contribution in [0.15, 0.2) is 18.2 Å². The third-order valence-corrected chi connectivity index (χ3v) is 2.70. The highest BCUT2D eigenvalue weighted by Crippen LogP contribution is 2.22. The minimum absolute atomic E-state index is 0.0111. The van der Waals surface area contributed by atoms with Gasteiger partial charge in [0.15, 0.2) is 0 Å². The molecular weight excluding hydrogens is 292 g/mol. The normalized spacial score (nSPS) is 11.1. The van der Waals surface area contributed by atoms with E-state index in [9.17, 15) is 13.6 Å². The van der Waals surface area contributed by atoms with Gasteiger partial charge in [-0.05, 0) is 18.2 Å². The third-order valence-electron chi connectivity index (χ3n) is 2.47. The second-order valence-electron chi connectivity index (χ2n) is 4.13. The molecule has 0 radical (unpaired) electrons. The van der Waals surface area contributed by atoms with Crippen LogP contribution in [-0.2, 0) is 4.79 Å². The van der Waals surface area contributed by atoms with Gasteiger partial charge in [0.25, 0.3) is 6.43 Å². The highest BCUT2D eigenvalue weighted by atomic mass is 35.5. The average molecular weight is 308 g/mol. The molecule has 4 N–H and O–H groups in total. The molecule has 5 nitrogen and oxygen atoms in total. The first-order valence-electron chi connectivity index (χ1n) is 5.88. The number of hydrogen-bond acceptors (Lipinski definition) is 4. The fourth-order valence-electron chi connectivity index (χ4n) is 1.60. The van der Waals surface area contributed by atoms with Crippen molar-refractivity contribution in [1.29, 1.82) is 0 Å². The molecule has 1 amide bonds. The Morgan fingerprint density at radius 1 is 1.50 bits per heavy atom. The number of alkyl halides is 2. The van der Waals surface area contributed by atoms with Gasteiger partial charge >= 0.3 is 0 Å². The van der Waals surface area contributed by atoms with E-state index in [1.54, 1.807) is 6.07 Å². The first-order valence-corrected chi connectivity index (χ1v) is 6.26. The molecular formula is C12H16ClF2N3O2. The predicted molar refractivity (Wildman–Crippen MR) is 74.0 cm³/mol.